The lowest BCUT2D eigenvalue weighted by Gasteiger charge is -2.11. The molecule has 2 N–H and O–H groups in total. The first-order valence-corrected chi connectivity index (χ1v) is 6.13. The van der Waals surface area contributed by atoms with Crippen molar-refractivity contribution in [1.82, 2.24) is 0 Å². The molecule has 1 unspecified atom stereocenters. The van der Waals surface area contributed by atoms with Crippen molar-refractivity contribution in [2.75, 3.05) is 0 Å². The minimum atomic E-state index is -4.59. The predicted octanol–water partition coefficient (Wildman–Crippen LogP) is -0.926. The van der Waals surface area contributed by atoms with Crippen molar-refractivity contribution >= 4 is 27.7 Å². The Hall–Kier alpha value is -1.95. The molecule has 0 aromatic heterocycles. The van der Waals surface area contributed by atoms with E-state index in [0.717, 1.165) is 0 Å². The Balaban J connectivity index is 2.93. The highest BCUT2D eigenvalue weighted by Gasteiger charge is 2.40. The molecule has 0 aliphatic heterocycles. The van der Waals surface area contributed by atoms with Crippen LogP contribution in [0.2, 0.25) is 0 Å². The molecule has 0 radical (unpaired) electrons. The molecule has 6 nitrogen and oxygen atoms in total. The Labute approximate surface area is 96.5 Å². The van der Waals surface area contributed by atoms with Gasteiger partial charge in [0.1, 0.15) is 5.76 Å². The molecule has 7 heteroatoms. The van der Waals surface area contributed by atoms with Crippen molar-refractivity contribution < 1.29 is 22.9 Å². The summed E-state index contributed by atoms with van der Waals surface area (Å²) in [5, 5.41) is 8.87. The van der Waals surface area contributed by atoms with Crippen molar-refractivity contribution in [1.29, 1.82) is 0 Å². The largest absolute Gasteiger partial charge is 0.510 e. The van der Waals surface area contributed by atoms with Gasteiger partial charge in [0, 0.05) is 11.3 Å². The van der Waals surface area contributed by atoms with Gasteiger partial charge in [0.05, 0.1) is 0 Å². The van der Waals surface area contributed by atoms with Crippen LogP contribution in [0.25, 0.3) is 17.4 Å². The third-order valence-corrected chi connectivity index (χ3v) is 3.53. The second-order valence-electron chi connectivity index (χ2n) is 3.54. The lowest BCUT2D eigenvalue weighted by Crippen LogP contribution is -2.43. The van der Waals surface area contributed by atoms with E-state index in [-0.39, 0.29) is 10.9 Å². The first-order valence-electron chi connectivity index (χ1n) is 4.63. The third kappa shape index (κ3) is 1.87. The van der Waals surface area contributed by atoms with Crippen LogP contribution in [-0.2, 0) is 10.1 Å². The zero-order valence-corrected chi connectivity index (χ0v) is 9.29. The summed E-state index contributed by atoms with van der Waals surface area (Å²) < 4.78 is 31.3. The molecule has 2 rings (SSSR count). The van der Waals surface area contributed by atoms with Crippen LogP contribution < -0.4 is 10.4 Å². The summed E-state index contributed by atoms with van der Waals surface area (Å²) in [7, 11) is -4.59. The number of benzene rings is 1. The summed E-state index contributed by atoms with van der Waals surface area (Å²) >= 11 is 0. The molecule has 0 spiro atoms. The highest BCUT2D eigenvalue weighted by Crippen LogP contribution is 2.12. The normalized spacial score (nSPS) is 19.2. The maximum Gasteiger partial charge on any atom is 0.320 e. The Morgan fingerprint density at radius 1 is 1.29 bits per heavy atom. The fourth-order valence-corrected chi connectivity index (χ4v) is 2.58. The number of nitrogens with zero attached hydrogens (tertiary/aromatic N) is 2. The zero-order valence-electron chi connectivity index (χ0n) is 8.48. The van der Waals surface area contributed by atoms with Gasteiger partial charge in [0.15, 0.2) is 0 Å². The standard InChI is InChI=1S/C10H8N2O4S/c11-12-8-5-6-3-1-2-4-7(6)9(13)10(8)17(14,15)16/h1-5,10,13H,(H,14,15,16). The fraction of sp³-hybridized carbons (Fsp3) is 0.100. The van der Waals surface area contributed by atoms with Crippen molar-refractivity contribution in [3.8, 4) is 0 Å². The molecule has 1 aromatic rings. The summed E-state index contributed by atoms with van der Waals surface area (Å²) in [6.45, 7) is 0. The van der Waals surface area contributed by atoms with Crippen LogP contribution in [0.5, 0.6) is 0 Å². The van der Waals surface area contributed by atoms with Crippen LogP contribution in [0.1, 0.15) is 0 Å². The van der Waals surface area contributed by atoms with E-state index >= 15 is 0 Å². The van der Waals surface area contributed by atoms with E-state index in [9.17, 15) is 13.5 Å². The third-order valence-electron chi connectivity index (χ3n) is 2.47. The lowest BCUT2D eigenvalue weighted by molar-refractivity contribution is -0.00404. The molecular formula is C10H8N2O4S. The van der Waals surface area contributed by atoms with E-state index in [1.165, 1.54) is 12.1 Å². The Morgan fingerprint density at radius 2 is 1.94 bits per heavy atom. The van der Waals surface area contributed by atoms with Crippen LogP contribution in [-0.4, -0.2) is 33.8 Å². The summed E-state index contributed by atoms with van der Waals surface area (Å²) in [5.41, 5.74) is 8.39. The van der Waals surface area contributed by atoms with Gasteiger partial charge in [-0.15, -0.1) is 0 Å². The van der Waals surface area contributed by atoms with Gasteiger partial charge in [-0.25, -0.2) is 0 Å². The zero-order chi connectivity index (χ0) is 12.6. The topological polar surface area (TPSA) is 111 Å². The van der Waals surface area contributed by atoms with E-state index in [0.29, 0.717) is 5.22 Å². The van der Waals surface area contributed by atoms with Crippen molar-refractivity contribution in [2.24, 2.45) is 0 Å². The molecule has 0 saturated heterocycles. The molecule has 0 saturated carbocycles. The minimum absolute atomic E-state index is 0.280. The van der Waals surface area contributed by atoms with Gasteiger partial charge in [-0.1, -0.05) is 24.3 Å². The Bertz CT molecular complexity index is 745. The summed E-state index contributed by atoms with van der Waals surface area (Å²) in [6, 6.07) is 6.43. The van der Waals surface area contributed by atoms with Gasteiger partial charge >= 0.3 is 5.71 Å². The Morgan fingerprint density at radius 3 is 2.53 bits per heavy atom. The average Bonchev–Trinajstić information content (AvgIpc) is 2.27. The number of aliphatic hydroxyl groups is 1. The number of aliphatic hydroxyl groups excluding tert-OH is 1. The van der Waals surface area contributed by atoms with Crippen LogP contribution in [0, 0.1) is 0 Å². The quantitative estimate of drug-likeness (QED) is 0.382. The molecule has 0 heterocycles. The van der Waals surface area contributed by atoms with Gasteiger partial charge in [0.2, 0.25) is 5.25 Å². The lowest BCUT2D eigenvalue weighted by atomic mass is 10.0. The highest BCUT2D eigenvalue weighted by atomic mass is 32.2. The highest BCUT2D eigenvalue weighted by molar-refractivity contribution is 7.87. The maximum atomic E-state index is 11.1. The van der Waals surface area contributed by atoms with Gasteiger partial charge in [0.25, 0.3) is 10.1 Å². The van der Waals surface area contributed by atoms with Crippen molar-refractivity contribution in [3.05, 3.63) is 40.2 Å². The molecule has 0 amide bonds. The molecule has 1 aliphatic rings. The molecule has 88 valence electrons. The monoisotopic (exact) mass is 252 g/mol. The molecule has 17 heavy (non-hydrogen) atoms. The molecular weight excluding hydrogens is 244 g/mol. The summed E-state index contributed by atoms with van der Waals surface area (Å²) in [6.07, 6.45) is 1.29. The summed E-state index contributed by atoms with van der Waals surface area (Å²) in [4.78, 5) is 2.79. The van der Waals surface area contributed by atoms with Crippen LogP contribution in [0.3, 0.4) is 0 Å². The van der Waals surface area contributed by atoms with Gasteiger partial charge in [-0.3, -0.25) is 4.55 Å². The molecule has 0 bridgehead atoms. The van der Waals surface area contributed by atoms with E-state index in [1.54, 1.807) is 18.2 Å². The fourth-order valence-electron chi connectivity index (χ4n) is 1.75. The molecule has 0 fully saturated rings. The number of hydrogen-bond acceptors (Lipinski definition) is 3. The van der Waals surface area contributed by atoms with E-state index in [1.807, 2.05) is 0 Å². The molecule has 1 aromatic carbocycles. The first-order chi connectivity index (χ1) is 7.95. The van der Waals surface area contributed by atoms with Gasteiger partial charge in [-0.05, 0) is 5.22 Å². The number of rotatable bonds is 1. The smallest absolute Gasteiger partial charge is 0.320 e. The predicted molar refractivity (Wildman–Crippen MR) is 60.2 cm³/mol. The first kappa shape index (κ1) is 11.5. The van der Waals surface area contributed by atoms with Gasteiger partial charge in [-0.2, -0.15) is 13.2 Å². The molecule has 1 aliphatic carbocycles. The van der Waals surface area contributed by atoms with Crippen LogP contribution in [0.4, 0.5) is 0 Å². The minimum Gasteiger partial charge on any atom is -0.510 e. The Kier molecular flexibility index (Phi) is 2.59. The number of hydrogen-bond donors (Lipinski definition) is 2. The van der Waals surface area contributed by atoms with E-state index in [4.69, 9.17) is 10.1 Å². The van der Waals surface area contributed by atoms with Crippen LogP contribution in [0.15, 0.2) is 24.3 Å². The van der Waals surface area contributed by atoms with E-state index < -0.39 is 21.1 Å². The SMILES string of the molecule is [N-]=[N+]=C1C=c2ccccc2=C(O)C1S(=O)(=O)O. The maximum absolute atomic E-state index is 11.1. The summed E-state index contributed by atoms with van der Waals surface area (Å²) in [5.74, 6) is -0.557. The van der Waals surface area contributed by atoms with Crippen molar-refractivity contribution in [3.63, 3.8) is 0 Å². The van der Waals surface area contributed by atoms with Crippen molar-refractivity contribution in [2.45, 2.75) is 5.25 Å². The van der Waals surface area contributed by atoms with E-state index in [2.05, 4.69) is 4.79 Å². The average molecular weight is 252 g/mol. The second-order valence-corrected chi connectivity index (χ2v) is 5.04. The number of fused-ring (bicyclic) bond motifs is 1. The van der Waals surface area contributed by atoms with Crippen LogP contribution >= 0.6 is 0 Å². The second kappa shape index (κ2) is 3.81. The molecule has 1 atom stereocenters. The van der Waals surface area contributed by atoms with Gasteiger partial charge < -0.3 is 10.6 Å².